The minimum atomic E-state index is -1.18. The maximum Gasteiger partial charge on any atom is 0.335 e. The average Bonchev–Trinajstić information content (AvgIpc) is 3.41. The van der Waals surface area contributed by atoms with Crippen molar-refractivity contribution < 1.29 is 19.8 Å². The van der Waals surface area contributed by atoms with Gasteiger partial charge in [0.15, 0.2) is 0 Å². The zero-order chi connectivity index (χ0) is 29.2. The first-order chi connectivity index (χ1) is 21.0. The van der Waals surface area contributed by atoms with Crippen LogP contribution in [-0.2, 0) is 0 Å². The Morgan fingerprint density at radius 2 is 0.837 bits per heavy atom. The molecule has 9 rings (SSSR count). The van der Waals surface area contributed by atoms with E-state index in [1.165, 1.54) is 39.4 Å². The first-order valence-corrected chi connectivity index (χ1v) is 14.2. The van der Waals surface area contributed by atoms with Gasteiger partial charge < -0.3 is 14.8 Å². The molecule has 0 atom stereocenters. The number of rotatable bonds is 5. The molecule has 2 bridgehead atoms. The van der Waals surface area contributed by atoms with Gasteiger partial charge in [-0.05, 0) is 62.7 Å². The van der Waals surface area contributed by atoms with Crippen molar-refractivity contribution in [3.8, 4) is 28.2 Å². The second-order valence-corrected chi connectivity index (χ2v) is 11.1. The van der Waals surface area contributed by atoms with E-state index in [1.807, 2.05) is 36.4 Å². The summed E-state index contributed by atoms with van der Waals surface area (Å²) in [5, 5.41) is 20.1. The van der Waals surface area contributed by atoms with Crippen molar-refractivity contribution in [3.63, 3.8) is 0 Å². The van der Waals surface area contributed by atoms with Gasteiger partial charge in [-0.1, -0.05) is 109 Å². The maximum absolute atomic E-state index is 12.3. The highest BCUT2D eigenvalue weighted by Gasteiger charge is 2.46. The van der Waals surface area contributed by atoms with Gasteiger partial charge in [-0.25, -0.2) is 9.59 Å². The van der Waals surface area contributed by atoms with E-state index in [2.05, 4.69) is 77.4 Å². The SMILES string of the molecule is O=C(O)c1cc(C(=O)O)cc(-n2c(-c3ccccc3)c3c(c2-c2ccccc2)C2c4ccccc4C3c3ccccc32)c1. The van der Waals surface area contributed by atoms with Gasteiger partial charge >= 0.3 is 11.9 Å². The van der Waals surface area contributed by atoms with E-state index in [4.69, 9.17) is 0 Å². The lowest BCUT2D eigenvalue weighted by Crippen LogP contribution is -2.27. The van der Waals surface area contributed by atoms with Gasteiger partial charge in [0.2, 0.25) is 0 Å². The molecule has 43 heavy (non-hydrogen) atoms. The van der Waals surface area contributed by atoms with Gasteiger partial charge in [0, 0.05) is 17.5 Å². The van der Waals surface area contributed by atoms with E-state index < -0.39 is 11.9 Å². The summed E-state index contributed by atoms with van der Waals surface area (Å²) in [6, 6.07) is 41.9. The Morgan fingerprint density at radius 3 is 1.19 bits per heavy atom. The van der Waals surface area contributed by atoms with Crippen molar-refractivity contribution >= 4 is 11.9 Å². The Balaban J connectivity index is 1.59. The molecule has 0 amide bonds. The van der Waals surface area contributed by atoms with Crippen LogP contribution in [0, 0.1) is 0 Å². The lowest BCUT2D eigenvalue weighted by molar-refractivity contribution is 0.0696. The quantitative estimate of drug-likeness (QED) is 0.223. The first-order valence-electron chi connectivity index (χ1n) is 14.2. The van der Waals surface area contributed by atoms with E-state index in [0.717, 1.165) is 22.5 Å². The summed E-state index contributed by atoms with van der Waals surface area (Å²) in [6.07, 6.45) is 0. The molecule has 0 aliphatic heterocycles. The number of carboxylic acid groups (broad SMARTS) is 2. The molecule has 206 valence electrons. The number of carbonyl (C=O) groups is 2. The smallest absolute Gasteiger partial charge is 0.335 e. The molecule has 0 saturated heterocycles. The fourth-order valence-electron chi connectivity index (χ4n) is 7.23. The van der Waals surface area contributed by atoms with Gasteiger partial charge in [0.25, 0.3) is 0 Å². The number of nitrogens with zero attached hydrogens (tertiary/aromatic N) is 1. The molecule has 3 aliphatic carbocycles. The monoisotopic (exact) mass is 559 g/mol. The normalized spacial score (nSPS) is 15.8. The van der Waals surface area contributed by atoms with Gasteiger partial charge in [-0.3, -0.25) is 0 Å². The molecule has 1 heterocycles. The summed E-state index contributed by atoms with van der Waals surface area (Å²) in [7, 11) is 0. The first kappa shape index (κ1) is 25.1. The second kappa shape index (κ2) is 9.43. The molecule has 6 aromatic rings. The predicted octanol–water partition coefficient (Wildman–Crippen LogP) is 8.19. The highest BCUT2D eigenvalue weighted by molar-refractivity contribution is 5.96. The van der Waals surface area contributed by atoms with Crippen LogP contribution in [0.15, 0.2) is 127 Å². The number of aromatic carboxylic acids is 2. The van der Waals surface area contributed by atoms with Gasteiger partial charge in [-0.2, -0.15) is 0 Å². The molecule has 0 unspecified atom stereocenters. The molecular formula is C38H25NO4. The van der Waals surface area contributed by atoms with Crippen LogP contribution in [-0.4, -0.2) is 26.7 Å². The highest BCUT2D eigenvalue weighted by Crippen LogP contribution is 2.61. The Kier molecular flexibility index (Phi) is 5.50. The standard InChI is InChI=1S/C38H25NO4/c40-37(41)24-19-25(38(42)43)21-26(20-24)39-35(22-11-3-1-4-12-22)33-31-27-15-7-9-17-29(27)32(30-18-10-8-16-28(30)31)34(33)36(39)23-13-5-2-6-14-23/h1-21,31-32H,(H,40,41)(H,42,43). The second-order valence-electron chi connectivity index (χ2n) is 11.1. The van der Waals surface area contributed by atoms with Crippen molar-refractivity contribution in [2.45, 2.75) is 11.8 Å². The van der Waals surface area contributed by atoms with E-state index in [-0.39, 0.29) is 23.0 Å². The maximum atomic E-state index is 12.3. The topological polar surface area (TPSA) is 79.5 Å². The largest absolute Gasteiger partial charge is 0.478 e. The Morgan fingerprint density at radius 1 is 0.488 bits per heavy atom. The number of carboxylic acids is 2. The number of hydrogen-bond donors (Lipinski definition) is 2. The zero-order valence-electron chi connectivity index (χ0n) is 22.9. The summed E-state index contributed by atoms with van der Waals surface area (Å²) >= 11 is 0. The minimum Gasteiger partial charge on any atom is -0.478 e. The predicted molar refractivity (Wildman–Crippen MR) is 165 cm³/mol. The zero-order valence-corrected chi connectivity index (χ0v) is 22.9. The Labute approximate surface area is 247 Å². The number of aromatic nitrogens is 1. The van der Waals surface area contributed by atoms with Gasteiger partial charge in [-0.15, -0.1) is 0 Å². The lowest BCUT2D eigenvalue weighted by atomic mass is 9.61. The van der Waals surface area contributed by atoms with Crippen molar-refractivity contribution in [1.82, 2.24) is 4.57 Å². The van der Waals surface area contributed by atoms with Gasteiger partial charge in [0.1, 0.15) is 0 Å². The molecule has 3 aliphatic rings. The van der Waals surface area contributed by atoms with Crippen LogP contribution in [0.3, 0.4) is 0 Å². The van der Waals surface area contributed by atoms with Crippen LogP contribution in [0.2, 0.25) is 0 Å². The third-order valence-electron chi connectivity index (χ3n) is 8.83. The Hall–Kier alpha value is -5.68. The molecule has 0 saturated carbocycles. The van der Waals surface area contributed by atoms with Crippen molar-refractivity contribution in [2.75, 3.05) is 0 Å². The summed E-state index contributed by atoms with van der Waals surface area (Å²) in [6.45, 7) is 0. The van der Waals surface area contributed by atoms with E-state index in [0.29, 0.717) is 5.69 Å². The average molecular weight is 560 g/mol. The molecule has 5 heteroatoms. The molecule has 0 radical (unpaired) electrons. The van der Waals surface area contributed by atoms with Crippen molar-refractivity contribution in [2.24, 2.45) is 0 Å². The molecule has 0 fully saturated rings. The fraction of sp³-hybridized carbons (Fsp3) is 0.0526. The summed E-state index contributed by atoms with van der Waals surface area (Å²) < 4.78 is 2.10. The van der Waals surface area contributed by atoms with E-state index in [1.54, 1.807) is 12.1 Å². The highest BCUT2D eigenvalue weighted by atomic mass is 16.4. The molecular weight excluding hydrogens is 534 g/mol. The van der Waals surface area contributed by atoms with E-state index >= 15 is 0 Å². The fourth-order valence-corrected chi connectivity index (χ4v) is 7.23. The summed E-state index contributed by atoms with van der Waals surface area (Å²) in [5.41, 5.74) is 11.6. The minimum absolute atomic E-state index is 0.0482. The van der Waals surface area contributed by atoms with Crippen LogP contribution in [0.25, 0.3) is 28.2 Å². The lowest BCUT2D eigenvalue weighted by Gasteiger charge is -2.41. The summed E-state index contributed by atoms with van der Waals surface area (Å²) in [4.78, 5) is 24.5. The number of benzene rings is 5. The van der Waals surface area contributed by atoms with Crippen LogP contribution in [0.5, 0.6) is 0 Å². The third-order valence-corrected chi connectivity index (χ3v) is 8.83. The molecule has 5 aromatic carbocycles. The molecule has 1 aromatic heterocycles. The Bertz CT molecular complexity index is 1900. The van der Waals surface area contributed by atoms with E-state index in [9.17, 15) is 19.8 Å². The van der Waals surface area contributed by atoms with Crippen LogP contribution < -0.4 is 0 Å². The van der Waals surface area contributed by atoms with Crippen LogP contribution in [0.1, 0.15) is 65.9 Å². The molecule has 5 nitrogen and oxygen atoms in total. The van der Waals surface area contributed by atoms with Crippen LogP contribution >= 0.6 is 0 Å². The molecule has 0 spiro atoms. The van der Waals surface area contributed by atoms with Crippen molar-refractivity contribution in [3.05, 3.63) is 172 Å². The van der Waals surface area contributed by atoms with Crippen molar-refractivity contribution in [1.29, 1.82) is 0 Å². The third kappa shape index (κ3) is 3.65. The molecule has 2 N–H and O–H groups in total. The number of hydrogen-bond acceptors (Lipinski definition) is 2. The summed E-state index contributed by atoms with van der Waals surface area (Å²) in [5.74, 6) is -2.45. The van der Waals surface area contributed by atoms with Gasteiger partial charge in [0.05, 0.1) is 22.5 Å². The van der Waals surface area contributed by atoms with Crippen LogP contribution in [0.4, 0.5) is 0 Å².